The van der Waals surface area contributed by atoms with Crippen LogP contribution in [0.4, 0.5) is 0 Å². The second-order valence-corrected chi connectivity index (χ2v) is 3.28. The van der Waals surface area contributed by atoms with Crippen LogP contribution in [-0.4, -0.2) is 48.9 Å². The van der Waals surface area contributed by atoms with E-state index in [-0.39, 0.29) is 12.7 Å². The Bertz CT molecular complexity index is 217. The first-order chi connectivity index (χ1) is 7.10. The van der Waals surface area contributed by atoms with Gasteiger partial charge in [0.15, 0.2) is 0 Å². The number of hydrogen-bond acceptors (Lipinski definition) is 5. The zero-order chi connectivity index (χ0) is 11.7. The molecule has 0 radical (unpaired) electrons. The normalized spacial score (nSPS) is 22.3. The number of allylic oxidation sites excluding steroid dienone is 1. The fraction of sp³-hybridized carbons (Fsp3) is 0.700. The van der Waals surface area contributed by atoms with E-state index in [1.807, 2.05) is 0 Å². The minimum absolute atomic E-state index is 0.0506. The zero-order valence-electron chi connectivity index (χ0n) is 9.31. The van der Waals surface area contributed by atoms with Crippen LogP contribution in [0.25, 0.3) is 0 Å². The van der Waals surface area contributed by atoms with Gasteiger partial charge in [-0.25, -0.2) is 0 Å². The first-order valence-electron chi connectivity index (χ1n) is 4.86. The van der Waals surface area contributed by atoms with Crippen molar-refractivity contribution in [1.29, 1.82) is 0 Å². The average Bonchev–Trinajstić information content (AvgIpc) is 2.66. The molecule has 0 unspecified atom stereocenters. The fourth-order valence-electron chi connectivity index (χ4n) is 0.966. The molecule has 0 amide bonds. The Labute approximate surface area is 90.3 Å². The average molecular weight is 216 g/mol. The summed E-state index contributed by atoms with van der Waals surface area (Å²) in [4.78, 5) is 3.76. The minimum Gasteiger partial charge on any atom is -0.402 e. The van der Waals surface area contributed by atoms with Crippen LogP contribution in [0, 0.1) is 0 Å². The molecule has 0 spiro atoms. The molecule has 1 heterocycles. The lowest BCUT2D eigenvalue weighted by Crippen LogP contribution is -2.03. The van der Waals surface area contributed by atoms with Gasteiger partial charge in [-0.15, -0.1) is 0 Å². The smallest absolute Gasteiger partial charge is 0.0849 e. The summed E-state index contributed by atoms with van der Waals surface area (Å²) in [5.41, 5.74) is 6.58. The first kappa shape index (κ1) is 14.1. The molecule has 1 aliphatic heterocycles. The van der Waals surface area contributed by atoms with E-state index in [4.69, 9.17) is 20.7 Å². The van der Waals surface area contributed by atoms with E-state index in [9.17, 15) is 0 Å². The molecule has 5 heteroatoms. The van der Waals surface area contributed by atoms with Gasteiger partial charge in [0.05, 0.1) is 25.0 Å². The summed E-state index contributed by atoms with van der Waals surface area (Å²) in [6.07, 6.45) is 2.28. The van der Waals surface area contributed by atoms with Crippen molar-refractivity contribution in [2.24, 2.45) is 10.7 Å². The summed E-state index contributed by atoms with van der Waals surface area (Å²) in [6, 6.07) is 0. The van der Waals surface area contributed by atoms with Crippen molar-refractivity contribution in [2.75, 3.05) is 26.9 Å². The third-order valence-electron chi connectivity index (χ3n) is 1.75. The number of aliphatic hydroxyl groups excluding tert-OH is 2. The van der Waals surface area contributed by atoms with Crippen LogP contribution in [0.1, 0.15) is 13.3 Å². The Hall–Kier alpha value is -0.910. The summed E-state index contributed by atoms with van der Waals surface area (Å²) < 4.78 is 4.81. The molecule has 4 N–H and O–H groups in total. The molecule has 1 rings (SSSR count). The number of hydrogen-bond donors (Lipinski definition) is 3. The van der Waals surface area contributed by atoms with Crippen LogP contribution in [0.5, 0.6) is 0 Å². The highest BCUT2D eigenvalue weighted by molar-refractivity contribution is 5.96. The number of nitrogens with two attached hydrogens (primary N) is 1. The van der Waals surface area contributed by atoms with Gasteiger partial charge in [-0.2, -0.15) is 0 Å². The van der Waals surface area contributed by atoms with Crippen molar-refractivity contribution in [1.82, 2.24) is 0 Å². The number of nitrogens with zero attached hydrogens (tertiary/aromatic N) is 1. The van der Waals surface area contributed by atoms with Crippen molar-refractivity contribution in [2.45, 2.75) is 19.4 Å². The lowest BCUT2D eigenvalue weighted by Gasteiger charge is -1.92. The van der Waals surface area contributed by atoms with Crippen molar-refractivity contribution >= 4 is 5.71 Å². The summed E-state index contributed by atoms with van der Waals surface area (Å²) in [7, 11) is 1.62. The van der Waals surface area contributed by atoms with Gasteiger partial charge in [0.1, 0.15) is 0 Å². The van der Waals surface area contributed by atoms with Gasteiger partial charge in [-0.3, -0.25) is 4.99 Å². The van der Waals surface area contributed by atoms with Crippen molar-refractivity contribution in [3.05, 3.63) is 11.8 Å². The molecular formula is C10H20N2O3. The van der Waals surface area contributed by atoms with Gasteiger partial charge in [0.25, 0.3) is 0 Å². The molecule has 0 aromatic heterocycles. The van der Waals surface area contributed by atoms with Gasteiger partial charge in [-0.1, -0.05) is 0 Å². The van der Waals surface area contributed by atoms with Crippen LogP contribution in [-0.2, 0) is 4.74 Å². The second-order valence-electron chi connectivity index (χ2n) is 3.28. The highest BCUT2D eigenvalue weighted by Gasteiger charge is 2.09. The molecule has 0 aromatic carbocycles. The molecule has 0 aromatic rings. The van der Waals surface area contributed by atoms with E-state index in [1.165, 1.54) is 0 Å². The fourth-order valence-corrected chi connectivity index (χ4v) is 0.966. The maximum Gasteiger partial charge on any atom is 0.0849 e. The second kappa shape index (κ2) is 8.40. The zero-order valence-corrected chi connectivity index (χ0v) is 9.31. The third-order valence-corrected chi connectivity index (χ3v) is 1.75. The van der Waals surface area contributed by atoms with Gasteiger partial charge in [0.2, 0.25) is 0 Å². The monoisotopic (exact) mass is 216 g/mol. The molecule has 1 aliphatic rings. The number of aliphatic imine (C=N–C) groups is 1. The number of aliphatic hydroxyl groups is 2. The molecule has 1 saturated heterocycles. The van der Waals surface area contributed by atoms with Gasteiger partial charge < -0.3 is 20.7 Å². The van der Waals surface area contributed by atoms with Crippen LogP contribution in [0.3, 0.4) is 0 Å². The van der Waals surface area contributed by atoms with Gasteiger partial charge in [-0.05, 0) is 19.4 Å². The summed E-state index contributed by atoms with van der Waals surface area (Å²) in [6.45, 7) is 2.98. The number of ether oxygens (including phenoxy) is 1. The summed E-state index contributed by atoms with van der Waals surface area (Å²) >= 11 is 0. The van der Waals surface area contributed by atoms with E-state index >= 15 is 0 Å². The Morgan fingerprint density at radius 1 is 1.67 bits per heavy atom. The highest BCUT2D eigenvalue weighted by atomic mass is 16.5. The highest BCUT2D eigenvalue weighted by Crippen LogP contribution is 2.00. The molecular weight excluding hydrogens is 196 g/mol. The Kier molecular flexibility index (Phi) is 7.89. The minimum atomic E-state index is -0.176. The van der Waals surface area contributed by atoms with Gasteiger partial charge in [0, 0.05) is 19.4 Å². The maximum atomic E-state index is 8.60. The van der Waals surface area contributed by atoms with Crippen molar-refractivity contribution < 1.29 is 14.9 Å². The van der Waals surface area contributed by atoms with E-state index < -0.39 is 0 Å². The summed E-state index contributed by atoms with van der Waals surface area (Å²) in [5.74, 6) is 0. The molecule has 5 nitrogen and oxygen atoms in total. The van der Waals surface area contributed by atoms with E-state index in [0.29, 0.717) is 18.0 Å². The van der Waals surface area contributed by atoms with E-state index in [0.717, 1.165) is 13.0 Å². The summed E-state index contributed by atoms with van der Waals surface area (Å²) in [5, 5.41) is 17.1. The van der Waals surface area contributed by atoms with Crippen LogP contribution >= 0.6 is 0 Å². The quantitative estimate of drug-likeness (QED) is 0.552. The standard InChI is InChI=1S/C6H12N2O.C4H8O2/c1-5(7)3-6(4-9)8-2;5-4-1-2-6-3-4/h3,9H,4,7H2,1-2H3;4-5H,1-3H2/b5-3-,8-6?;/t;4-/m.0/s1. The maximum absolute atomic E-state index is 8.60. The topological polar surface area (TPSA) is 88.1 Å². The third kappa shape index (κ3) is 8.11. The largest absolute Gasteiger partial charge is 0.402 e. The van der Waals surface area contributed by atoms with E-state index in [2.05, 4.69) is 4.99 Å². The molecule has 1 atom stereocenters. The Balaban J connectivity index is 0.000000280. The predicted molar refractivity (Wildman–Crippen MR) is 59.8 cm³/mol. The van der Waals surface area contributed by atoms with E-state index in [1.54, 1.807) is 20.0 Å². The molecule has 1 fully saturated rings. The van der Waals surface area contributed by atoms with Crippen LogP contribution < -0.4 is 5.73 Å². The SMILES string of the molecule is CN=C(/C=C(/C)N)CO.O[C@H]1CCOC1. The van der Waals surface area contributed by atoms with Gasteiger partial charge >= 0.3 is 0 Å². The van der Waals surface area contributed by atoms with Crippen molar-refractivity contribution in [3.8, 4) is 0 Å². The Morgan fingerprint density at radius 2 is 2.33 bits per heavy atom. The molecule has 15 heavy (non-hydrogen) atoms. The molecule has 0 aliphatic carbocycles. The lowest BCUT2D eigenvalue weighted by atomic mass is 10.3. The number of rotatable bonds is 2. The first-order valence-corrected chi connectivity index (χ1v) is 4.86. The lowest BCUT2D eigenvalue weighted by molar-refractivity contribution is 0.127. The van der Waals surface area contributed by atoms with Crippen molar-refractivity contribution in [3.63, 3.8) is 0 Å². The predicted octanol–water partition coefficient (Wildman–Crippen LogP) is -0.320. The van der Waals surface area contributed by atoms with Crippen LogP contribution in [0.15, 0.2) is 16.8 Å². The molecule has 0 bridgehead atoms. The molecule has 0 saturated carbocycles. The van der Waals surface area contributed by atoms with Crippen LogP contribution in [0.2, 0.25) is 0 Å². The molecule has 88 valence electrons. The Morgan fingerprint density at radius 3 is 2.47 bits per heavy atom.